The number of nitrogens with zero attached hydrogens (tertiary/aromatic N) is 3. The van der Waals surface area contributed by atoms with Crippen LogP contribution in [0.3, 0.4) is 0 Å². The molecule has 0 saturated carbocycles. The molecule has 8 nitrogen and oxygen atoms in total. The highest BCUT2D eigenvalue weighted by atomic mass is 32.2. The van der Waals surface area contributed by atoms with Crippen molar-refractivity contribution in [3.63, 3.8) is 0 Å². The van der Waals surface area contributed by atoms with E-state index in [1.165, 1.54) is 5.39 Å². The van der Waals surface area contributed by atoms with Gasteiger partial charge in [0.15, 0.2) is 0 Å². The van der Waals surface area contributed by atoms with Gasteiger partial charge in [0, 0.05) is 18.1 Å². The summed E-state index contributed by atoms with van der Waals surface area (Å²) in [6.07, 6.45) is 0.838. The average molecular weight is 642 g/mol. The summed E-state index contributed by atoms with van der Waals surface area (Å²) < 4.78 is 25.7. The van der Waals surface area contributed by atoms with E-state index in [1.54, 1.807) is 11.8 Å². The molecular weight excluding hydrogens is 598 g/mol. The quantitative estimate of drug-likeness (QED) is 0.0508. The molecule has 46 heavy (non-hydrogen) atoms. The lowest BCUT2D eigenvalue weighted by Crippen LogP contribution is -2.58. The zero-order chi connectivity index (χ0) is 31.8. The molecule has 1 aliphatic rings. The highest BCUT2D eigenvalue weighted by Crippen LogP contribution is 2.35. The van der Waals surface area contributed by atoms with Gasteiger partial charge in [0.05, 0.1) is 25.9 Å². The van der Waals surface area contributed by atoms with Crippen molar-refractivity contribution in [3.05, 3.63) is 130 Å². The van der Waals surface area contributed by atoms with Crippen LogP contribution < -0.4 is 0 Å². The van der Waals surface area contributed by atoms with E-state index in [0.717, 1.165) is 47.1 Å². The second kappa shape index (κ2) is 18.7. The van der Waals surface area contributed by atoms with Gasteiger partial charge in [-0.1, -0.05) is 109 Å². The number of unbranched alkanes of at least 4 members (excludes halogenated alkanes) is 2. The van der Waals surface area contributed by atoms with E-state index in [4.69, 9.17) is 24.5 Å². The number of azide groups is 1. The van der Waals surface area contributed by atoms with Gasteiger partial charge in [0.2, 0.25) is 0 Å². The third kappa shape index (κ3) is 10.3. The molecule has 1 aliphatic heterocycles. The molecule has 0 aromatic heterocycles. The summed E-state index contributed by atoms with van der Waals surface area (Å²) in [5.41, 5.74) is 11.3. The molecule has 4 aromatic rings. The van der Waals surface area contributed by atoms with Crippen LogP contribution in [0, 0.1) is 0 Å². The molecule has 5 rings (SSSR count). The number of fused-ring (bicyclic) bond motifs is 1. The van der Waals surface area contributed by atoms with Crippen molar-refractivity contribution < 1.29 is 24.1 Å². The van der Waals surface area contributed by atoms with Crippen LogP contribution in [0.15, 0.2) is 108 Å². The molecule has 0 spiro atoms. The maximum Gasteiger partial charge on any atom is 0.132 e. The second-order valence-corrected chi connectivity index (χ2v) is 12.7. The monoisotopic (exact) mass is 641 g/mol. The van der Waals surface area contributed by atoms with Gasteiger partial charge in [-0.3, -0.25) is 0 Å². The Hall–Kier alpha value is -3.40. The van der Waals surface area contributed by atoms with E-state index in [0.29, 0.717) is 39.4 Å². The SMILES string of the molecule is [N-]=[N+]=NCCCCCS[C@H]1O[C@H](CCOCc2ccccc2)[C@@H](OCc2ccccc2)[C@H](O)[C@@H]1OCc1ccc2ccccc2c1. The van der Waals surface area contributed by atoms with Crippen LogP contribution in [0.4, 0.5) is 0 Å². The van der Waals surface area contributed by atoms with Crippen LogP contribution in [0.2, 0.25) is 0 Å². The molecule has 1 heterocycles. The number of hydrogen-bond acceptors (Lipinski definition) is 7. The molecule has 0 aliphatic carbocycles. The van der Waals surface area contributed by atoms with E-state index in [2.05, 4.69) is 40.4 Å². The van der Waals surface area contributed by atoms with Gasteiger partial charge in [0.1, 0.15) is 23.7 Å². The maximum atomic E-state index is 11.9. The Bertz CT molecular complexity index is 1500. The summed E-state index contributed by atoms with van der Waals surface area (Å²) >= 11 is 1.66. The Morgan fingerprint density at radius 3 is 2.17 bits per heavy atom. The molecule has 0 bridgehead atoms. The first-order valence-electron chi connectivity index (χ1n) is 16.0. The number of benzene rings is 4. The minimum atomic E-state index is -0.903. The molecule has 9 heteroatoms. The molecule has 0 unspecified atom stereocenters. The van der Waals surface area contributed by atoms with Gasteiger partial charge < -0.3 is 24.1 Å². The lowest BCUT2D eigenvalue weighted by molar-refractivity contribution is -0.234. The number of hydrogen-bond donors (Lipinski definition) is 1. The largest absolute Gasteiger partial charge is 0.387 e. The van der Waals surface area contributed by atoms with Gasteiger partial charge in [-0.15, -0.1) is 11.8 Å². The van der Waals surface area contributed by atoms with Crippen LogP contribution in [0.25, 0.3) is 21.2 Å². The first kappa shape index (κ1) is 33.9. The van der Waals surface area contributed by atoms with E-state index >= 15 is 0 Å². The van der Waals surface area contributed by atoms with Crippen LogP contribution in [-0.4, -0.2) is 53.9 Å². The van der Waals surface area contributed by atoms with E-state index in [1.807, 2.05) is 72.8 Å². The van der Waals surface area contributed by atoms with Crippen molar-refractivity contribution in [1.82, 2.24) is 0 Å². The molecule has 242 valence electrons. The Kier molecular flexibility index (Phi) is 13.8. The molecule has 1 saturated heterocycles. The van der Waals surface area contributed by atoms with Crippen molar-refractivity contribution in [2.45, 2.75) is 75.4 Å². The van der Waals surface area contributed by atoms with Gasteiger partial charge in [-0.25, -0.2) is 0 Å². The van der Waals surface area contributed by atoms with Gasteiger partial charge >= 0.3 is 0 Å². The first-order chi connectivity index (χ1) is 22.7. The first-order valence-corrected chi connectivity index (χ1v) is 17.1. The fourth-order valence-electron chi connectivity index (χ4n) is 5.60. The zero-order valence-corrected chi connectivity index (χ0v) is 26.9. The second-order valence-electron chi connectivity index (χ2n) is 11.5. The van der Waals surface area contributed by atoms with E-state index < -0.39 is 18.3 Å². The number of thioether (sulfide) groups is 1. The van der Waals surface area contributed by atoms with E-state index in [9.17, 15) is 5.11 Å². The van der Waals surface area contributed by atoms with Crippen LogP contribution >= 0.6 is 11.8 Å². The molecule has 0 amide bonds. The smallest absolute Gasteiger partial charge is 0.132 e. The lowest BCUT2D eigenvalue weighted by Gasteiger charge is -2.44. The number of ether oxygens (including phenoxy) is 4. The van der Waals surface area contributed by atoms with Crippen LogP contribution in [0.1, 0.15) is 42.4 Å². The third-order valence-corrected chi connectivity index (χ3v) is 9.30. The van der Waals surface area contributed by atoms with Gasteiger partial charge in [0.25, 0.3) is 0 Å². The highest BCUT2D eigenvalue weighted by Gasteiger charge is 2.46. The minimum Gasteiger partial charge on any atom is -0.387 e. The lowest BCUT2D eigenvalue weighted by atomic mass is 9.97. The molecule has 4 aromatic carbocycles. The average Bonchev–Trinajstić information content (AvgIpc) is 3.10. The minimum absolute atomic E-state index is 0.343. The molecule has 1 fully saturated rings. The Morgan fingerprint density at radius 2 is 1.41 bits per heavy atom. The van der Waals surface area contributed by atoms with Crippen LogP contribution in [0.5, 0.6) is 0 Å². The fraction of sp³-hybridized carbons (Fsp3) is 0.405. The summed E-state index contributed by atoms with van der Waals surface area (Å²) in [4.78, 5) is 2.84. The molecule has 5 atom stereocenters. The Balaban J connectivity index is 1.28. The predicted molar refractivity (Wildman–Crippen MR) is 183 cm³/mol. The Labute approximate surface area is 275 Å². The van der Waals surface area contributed by atoms with Crippen molar-refractivity contribution >= 4 is 22.5 Å². The van der Waals surface area contributed by atoms with Crippen molar-refractivity contribution in [2.75, 3.05) is 18.9 Å². The topological polar surface area (TPSA) is 106 Å². The molecule has 1 N–H and O–H groups in total. The summed E-state index contributed by atoms with van der Waals surface area (Å²) in [7, 11) is 0. The fourth-order valence-corrected chi connectivity index (χ4v) is 6.86. The highest BCUT2D eigenvalue weighted by molar-refractivity contribution is 7.99. The van der Waals surface area contributed by atoms with Crippen LogP contribution in [-0.2, 0) is 38.8 Å². The van der Waals surface area contributed by atoms with Crippen molar-refractivity contribution in [3.8, 4) is 0 Å². The summed E-state index contributed by atoms with van der Waals surface area (Å²) in [6, 6.07) is 34.6. The van der Waals surface area contributed by atoms with Gasteiger partial charge in [-0.2, -0.15) is 0 Å². The molecule has 0 radical (unpaired) electrons. The molecular formula is C37H43N3O5S. The Morgan fingerprint density at radius 1 is 0.739 bits per heavy atom. The predicted octanol–water partition coefficient (Wildman–Crippen LogP) is 8.22. The maximum absolute atomic E-state index is 11.9. The normalized spacial score (nSPS) is 21.2. The zero-order valence-electron chi connectivity index (χ0n) is 26.1. The number of aliphatic hydroxyl groups excluding tert-OH is 1. The van der Waals surface area contributed by atoms with Crippen molar-refractivity contribution in [2.24, 2.45) is 5.11 Å². The van der Waals surface area contributed by atoms with E-state index in [-0.39, 0.29) is 11.5 Å². The summed E-state index contributed by atoms with van der Waals surface area (Å²) in [5.74, 6) is 0.830. The summed E-state index contributed by atoms with van der Waals surface area (Å²) in [5, 5.41) is 17.9. The number of aliphatic hydroxyl groups is 1. The third-order valence-electron chi connectivity index (χ3n) is 8.06. The summed E-state index contributed by atoms with van der Waals surface area (Å²) in [6.45, 7) is 2.18. The van der Waals surface area contributed by atoms with Gasteiger partial charge in [-0.05, 0) is 64.1 Å². The standard InChI is InChI=1S/C37H43N3O5S/c38-40-39-21-10-3-11-23-46-37-36(44-27-30-18-19-31-16-8-9-17-32(31)24-30)34(41)35(43-26-29-14-6-2-7-15-29)33(45-37)20-22-42-25-28-12-4-1-5-13-28/h1-2,4-9,12-19,24,33-37,41H,3,10-11,20-23,25-27H2/t33-,34+,35-,36+,37-/m1/s1. The van der Waals surface area contributed by atoms with Crippen molar-refractivity contribution in [1.29, 1.82) is 0 Å². The number of rotatable bonds is 18.